The molecule has 2 heterocycles. The van der Waals surface area contributed by atoms with Crippen molar-refractivity contribution in [1.29, 1.82) is 0 Å². The van der Waals surface area contributed by atoms with Crippen molar-refractivity contribution >= 4 is 29.5 Å². The van der Waals surface area contributed by atoms with E-state index in [0.29, 0.717) is 31.6 Å². The normalized spacial score (nSPS) is 18.3. The number of anilines is 1. The molecule has 0 aromatic heterocycles. The molecular weight excluding hydrogens is 460 g/mol. The van der Waals surface area contributed by atoms with E-state index in [4.69, 9.17) is 14.5 Å². The second-order valence-corrected chi connectivity index (χ2v) is 9.90. The molecule has 9 heteroatoms. The van der Waals surface area contributed by atoms with Gasteiger partial charge < -0.3 is 19.7 Å². The van der Waals surface area contributed by atoms with Crippen LogP contribution in [0.5, 0.6) is 0 Å². The predicted octanol–water partition coefficient (Wildman–Crippen LogP) is 4.33. The van der Waals surface area contributed by atoms with Crippen molar-refractivity contribution in [2.75, 3.05) is 18.4 Å². The number of nitrogens with zero attached hydrogens (tertiary/aromatic N) is 2. The Kier molecular flexibility index (Phi) is 7.57. The van der Waals surface area contributed by atoms with Crippen LogP contribution in [0.4, 0.5) is 15.3 Å². The molecule has 0 radical (unpaired) electrons. The SMILES string of the molecule is CC(C)(C)OC(=O)N1CCC(C2=NC(NC(=O)OCc3ccccc3)C(=O)Nc3ccccc32)CC1. The molecule has 3 amide bonds. The lowest BCUT2D eigenvalue weighted by Gasteiger charge is -2.34. The maximum Gasteiger partial charge on any atom is 0.410 e. The van der Waals surface area contributed by atoms with E-state index in [1.165, 1.54) is 0 Å². The van der Waals surface area contributed by atoms with Crippen molar-refractivity contribution in [2.45, 2.75) is 52.0 Å². The lowest BCUT2D eigenvalue weighted by atomic mass is 9.87. The van der Waals surface area contributed by atoms with E-state index in [-0.39, 0.29) is 18.6 Å². The summed E-state index contributed by atoms with van der Waals surface area (Å²) >= 11 is 0. The van der Waals surface area contributed by atoms with Gasteiger partial charge >= 0.3 is 12.2 Å². The Morgan fingerprint density at radius 1 is 1.06 bits per heavy atom. The molecule has 0 bridgehead atoms. The fraction of sp³-hybridized carbons (Fsp3) is 0.407. The van der Waals surface area contributed by atoms with Crippen molar-refractivity contribution in [3.8, 4) is 0 Å². The number of carbonyl (C=O) groups excluding carboxylic acids is 3. The summed E-state index contributed by atoms with van der Waals surface area (Å²) in [4.78, 5) is 44.3. The lowest BCUT2D eigenvalue weighted by molar-refractivity contribution is -0.117. The fourth-order valence-electron chi connectivity index (χ4n) is 4.25. The van der Waals surface area contributed by atoms with E-state index < -0.39 is 23.8 Å². The molecule has 0 saturated carbocycles. The number of carbonyl (C=O) groups is 3. The topological polar surface area (TPSA) is 109 Å². The first-order valence-electron chi connectivity index (χ1n) is 12.1. The first kappa shape index (κ1) is 25.2. The number of benzodiazepines with no additional fused rings is 1. The van der Waals surface area contributed by atoms with E-state index in [1.807, 2.05) is 75.4 Å². The summed E-state index contributed by atoms with van der Waals surface area (Å²) in [7, 11) is 0. The number of likely N-dealkylation sites (tertiary alicyclic amines) is 1. The third-order valence-electron chi connectivity index (χ3n) is 5.98. The monoisotopic (exact) mass is 492 g/mol. The molecule has 0 aliphatic carbocycles. The number of hydrogen-bond acceptors (Lipinski definition) is 6. The number of piperidine rings is 1. The lowest BCUT2D eigenvalue weighted by Crippen LogP contribution is -2.44. The Bertz CT molecular complexity index is 1130. The maximum atomic E-state index is 12.9. The Labute approximate surface area is 210 Å². The van der Waals surface area contributed by atoms with E-state index >= 15 is 0 Å². The number of nitrogens with one attached hydrogen (secondary N) is 2. The first-order valence-corrected chi connectivity index (χ1v) is 12.1. The van der Waals surface area contributed by atoms with Crippen LogP contribution in [-0.2, 0) is 20.9 Å². The van der Waals surface area contributed by atoms with Gasteiger partial charge in [-0.2, -0.15) is 0 Å². The number of aliphatic imine (C=N–C) groups is 1. The summed E-state index contributed by atoms with van der Waals surface area (Å²) in [5.74, 6) is -0.442. The van der Waals surface area contributed by atoms with Gasteiger partial charge in [-0.3, -0.25) is 15.1 Å². The number of rotatable bonds is 4. The third-order valence-corrected chi connectivity index (χ3v) is 5.98. The van der Waals surface area contributed by atoms with Crippen molar-refractivity contribution in [2.24, 2.45) is 10.9 Å². The van der Waals surface area contributed by atoms with Crippen LogP contribution in [0, 0.1) is 5.92 Å². The minimum absolute atomic E-state index is 0.00201. The highest BCUT2D eigenvalue weighted by atomic mass is 16.6. The highest BCUT2D eigenvalue weighted by Crippen LogP contribution is 2.29. The molecule has 2 N–H and O–H groups in total. The summed E-state index contributed by atoms with van der Waals surface area (Å²) in [6.45, 7) is 6.64. The average molecular weight is 493 g/mol. The Morgan fingerprint density at radius 3 is 2.42 bits per heavy atom. The van der Waals surface area contributed by atoms with E-state index in [2.05, 4.69) is 10.6 Å². The summed E-state index contributed by atoms with van der Waals surface area (Å²) in [5.41, 5.74) is 2.45. The van der Waals surface area contributed by atoms with E-state index in [0.717, 1.165) is 16.8 Å². The molecule has 4 rings (SSSR count). The van der Waals surface area contributed by atoms with Crippen LogP contribution in [-0.4, -0.2) is 53.6 Å². The molecule has 36 heavy (non-hydrogen) atoms. The van der Waals surface area contributed by atoms with Crippen LogP contribution in [0.25, 0.3) is 0 Å². The molecule has 0 spiro atoms. The van der Waals surface area contributed by atoms with Gasteiger partial charge in [-0.25, -0.2) is 9.59 Å². The molecule has 2 aliphatic rings. The van der Waals surface area contributed by atoms with Gasteiger partial charge in [0.05, 0.1) is 5.71 Å². The number of amides is 3. The van der Waals surface area contributed by atoms with Gasteiger partial charge in [0.2, 0.25) is 6.17 Å². The highest BCUT2D eigenvalue weighted by Gasteiger charge is 2.33. The molecular formula is C27H32N4O5. The van der Waals surface area contributed by atoms with Crippen molar-refractivity contribution in [1.82, 2.24) is 10.2 Å². The number of para-hydroxylation sites is 1. The second-order valence-electron chi connectivity index (χ2n) is 9.90. The van der Waals surface area contributed by atoms with Crippen molar-refractivity contribution in [3.05, 3.63) is 65.7 Å². The van der Waals surface area contributed by atoms with Gasteiger partial charge in [-0.15, -0.1) is 0 Å². The van der Waals surface area contributed by atoms with Crippen LogP contribution in [0.3, 0.4) is 0 Å². The highest BCUT2D eigenvalue weighted by molar-refractivity contribution is 6.13. The minimum Gasteiger partial charge on any atom is -0.445 e. The molecule has 2 aromatic carbocycles. The smallest absolute Gasteiger partial charge is 0.410 e. The number of fused-ring (bicyclic) bond motifs is 1. The van der Waals surface area contributed by atoms with Gasteiger partial charge in [0.1, 0.15) is 12.2 Å². The molecule has 1 fully saturated rings. The molecule has 2 aliphatic heterocycles. The van der Waals surface area contributed by atoms with Crippen molar-refractivity contribution in [3.63, 3.8) is 0 Å². The Hall–Kier alpha value is -3.88. The van der Waals surface area contributed by atoms with E-state index in [9.17, 15) is 14.4 Å². The summed E-state index contributed by atoms with van der Waals surface area (Å²) < 4.78 is 10.8. The minimum atomic E-state index is -1.14. The average Bonchev–Trinajstić information content (AvgIpc) is 2.98. The molecule has 190 valence electrons. The van der Waals surface area contributed by atoms with Crippen LogP contribution in [0.15, 0.2) is 59.6 Å². The largest absolute Gasteiger partial charge is 0.445 e. The van der Waals surface area contributed by atoms with Crippen LogP contribution < -0.4 is 10.6 Å². The molecule has 1 unspecified atom stereocenters. The second kappa shape index (κ2) is 10.8. The van der Waals surface area contributed by atoms with Gasteiger partial charge in [0.25, 0.3) is 5.91 Å². The number of hydrogen-bond donors (Lipinski definition) is 2. The maximum absolute atomic E-state index is 12.9. The summed E-state index contributed by atoms with van der Waals surface area (Å²) in [6, 6.07) is 16.7. The van der Waals surface area contributed by atoms with Crippen LogP contribution in [0.2, 0.25) is 0 Å². The van der Waals surface area contributed by atoms with Crippen LogP contribution >= 0.6 is 0 Å². The molecule has 1 atom stereocenters. The van der Waals surface area contributed by atoms with E-state index in [1.54, 1.807) is 4.90 Å². The Balaban J connectivity index is 1.48. The number of alkyl carbamates (subject to hydrolysis) is 1. The van der Waals surface area contributed by atoms with Crippen molar-refractivity contribution < 1.29 is 23.9 Å². The van der Waals surface area contributed by atoms with Gasteiger partial charge in [-0.1, -0.05) is 48.5 Å². The van der Waals surface area contributed by atoms with Gasteiger partial charge in [0.15, 0.2) is 0 Å². The fourth-order valence-corrected chi connectivity index (χ4v) is 4.25. The predicted molar refractivity (Wildman–Crippen MR) is 136 cm³/mol. The summed E-state index contributed by atoms with van der Waals surface area (Å²) in [5, 5.41) is 5.46. The number of ether oxygens (including phenoxy) is 2. The van der Waals surface area contributed by atoms with Gasteiger partial charge in [0, 0.05) is 30.3 Å². The zero-order valence-electron chi connectivity index (χ0n) is 20.8. The molecule has 9 nitrogen and oxygen atoms in total. The molecule has 2 aromatic rings. The Morgan fingerprint density at radius 2 is 1.72 bits per heavy atom. The quantitative estimate of drug-likeness (QED) is 0.660. The standard InChI is InChI=1S/C27H32N4O5/c1-27(2,3)36-26(34)31-15-13-19(14-16-31)22-20-11-7-8-12-21(20)28-24(32)23(29-22)30-25(33)35-17-18-9-5-4-6-10-18/h4-12,19,23H,13-17H2,1-3H3,(H,28,32)(H,30,33). The third kappa shape index (κ3) is 6.41. The van der Waals surface area contributed by atoms with Gasteiger partial charge in [-0.05, 0) is 45.2 Å². The first-order chi connectivity index (χ1) is 17.2. The zero-order valence-corrected chi connectivity index (χ0v) is 20.8. The zero-order chi connectivity index (χ0) is 25.7. The number of benzene rings is 2. The summed E-state index contributed by atoms with van der Waals surface area (Å²) in [6.07, 6.45) is -0.883. The molecule has 1 saturated heterocycles. The van der Waals surface area contributed by atoms with Crippen LogP contribution in [0.1, 0.15) is 44.7 Å².